The molecule has 0 saturated carbocycles. The summed E-state index contributed by atoms with van der Waals surface area (Å²) >= 11 is 1.38. The van der Waals surface area contributed by atoms with Crippen molar-refractivity contribution in [3.8, 4) is 10.4 Å². The van der Waals surface area contributed by atoms with Crippen LogP contribution in [0.1, 0.15) is 33.1 Å². The van der Waals surface area contributed by atoms with E-state index < -0.39 is 0 Å². The number of amides is 2. The molecular weight excluding hydrogens is 379 g/mol. The monoisotopic (exact) mass is 398 g/mol. The van der Waals surface area contributed by atoms with Gasteiger partial charge in [-0.15, -0.1) is 11.3 Å². The fourth-order valence-electron chi connectivity index (χ4n) is 3.27. The van der Waals surface area contributed by atoms with E-state index in [2.05, 4.69) is 5.32 Å². The lowest BCUT2D eigenvalue weighted by Crippen LogP contribution is -2.46. The van der Waals surface area contributed by atoms with Crippen LogP contribution in [-0.2, 0) is 0 Å². The van der Waals surface area contributed by atoms with Crippen molar-refractivity contribution in [3.05, 3.63) is 71.2 Å². The molecule has 5 nitrogen and oxygen atoms in total. The molecule has 2 amide bonds. The van der Waals surface area contributed by atoms with Gasteiger partial charge in [0, 0.05) is 24.0 Å². The van der Waals surface area contributed by atoms with Gasteiger partial charge >= 0.3 is 0 Å². The minimum atomic E-state index is -0.282. The van der Waals surface area contributed by atoms with Gasteiger partial charge in [-0.1, -0.05) is 12.1 Å². The highest BCUT2D eigenvalue weighted by molar-refractivity contribution is 7.17. The molecule has 0 radical (unpaired) electrons. The van der Waals surface area contributed by atoms with Crippen LogP contribution in [0, 0.1) is 5.82 Å². The Morgan fingerprint density at radius 1 is 1.07 bits per heavy atom. The third kappa shape index (κ3) is 3.99. The van der Waals surface area contributed by atoms with Crippen LogP contribution in [0.4, 0.5) is 4.39 Å². The first-order chi connectivity index (χ1) is 13.6. The van der Waals surface area contributed by atoms with Crippen LogP contribution in [0.3, 0.4) is 0 Å². The Balaban J connectivity index is 1.32. The molecule has 0 aliphatic carbocycles. The van der Waals surface area contributed by atoms with Crippen LogP contribution < -0.4 is 5.32 Å². The molecule has 0 spiro atoms. The quantitative estimate of drug-likeness (QED) is 0.717. The van der Waals surface area contributed by atoms with Gasteiger partial charge in [0.15, 0.2) is 5.76 Å². The number of hydrogen-bond donors (Lipinski definition) is 1. The number of rotatable bonds is 4. The molecule has 2 aromatic heterocycles. The second kappa shape index (κ2) is 7.98. The van der Waals surface area contributed by atoms with Gasteiger partial charge < -0.3 is 14.6 Å². The number of carbonyl (C=O) groups is 2. The Bertz CT molecular complexity index is 958. The maximum Gasteiger partial charge on any atom is 0.289 e. The van der Waals surface area contributed by atoms with Crippen LogP contribution in [0.2, 0.25) is 0 Å². The first kappa shape index (κ1) is 18.4. The number of thiophene rings is 1. The van der Waals surface area contributed by atoms with Crippen LogP contribution >= 0.6 is 11.3 Å². The topological polar surface area (TPSA) is 62.6 Å². The summed E-state index contributed by atoms with van der Waals surface area (Å²) in [5, 5.41) is 3.05. The molecule has 1 aliphatic rings. The molecule has 28 heavy (non-hydrogen) atoms. The number of benzene rings is 1. The molecule has 1 fully saturated rings. The summed E-state index contributed by atoms with van der Waals surface area (Å²) < 4.78 is 18.2. The second-order valence-electron chi connectivity index (χ2n) is 6.69. The zero-order valence-corrected chi connectivity index (χ0v) is 15.9. The zero-order chi connectivity index (χ0) is 19.5. The van der Waals surface area contributed by atoms with E-state index in [9.17, 15) is 14.0 Å². The van der Waals surface area contributed by atoms with Crippen molar-refractivity contribution in [1.82, 2.24) is 10.2 Å². The largest absolute Gasteiger partial charge is 0.459 e. The van der Waals surface area contributed by atoms with Crippen LogP contribution in [-0.4, -0.2) is 35.8 Å². The van der Waals surface area contributed by atoms with E-state index in [0.717, 1.165) is 10.4 Å². The molecule has 1 N–H and O–H groups in total. The number of halogens is 1. The predicted molar refractivity (Wildman–Crippen MR) is 105 cm³/mol. The Labute approximate surface area is 165 Å². The van der Waals surface area contributed by atoms with Crippen molar-refractivity contribution in [3.63, 3.8) is 0 Å². The number of piperidine rings is 1. The van der Waals surface area contributed by atoms with E-state index in [1.807, 2.05) is 6.07 Å². The molecular formula is C21H19FN2O3S. The first-order valence-electron chi connectivity index (χ1n) is 9.09. The average molecular weight is 398 g/mol. The lowest BCUT2D eigenvalue weighted by Gasteiger charge is -2.31. The smallest absolute Gasteiger partial charge is 0.289 e. The van der Waals surface area contributed by atoms with Crippen molar-refractivity contribution in [2.24, 2.45) is 0 Å². The minimum Gasteiger partial charge on any atom is -0.459 e. The van der Waals surface area contributed by atoms with E-state index in [1.165, 1.54) is 29.7 Å². The summed E-state index contributed by atoms with van der Waals surface area (Å²) in [6, 6.07) is 13.3. The van der Waals surface area contributed by atoms with Gasteiger partial charge in [-0.05, 0) is 54.8 Å². The first-order valence-corrected chi connectivity index (χ1v) is 9.91. The molecule has 3 heterocycles. The van der Waals surface area contributed by atoms with E-state index in [4.69, 9.17) is 4.42 Å². The van der Waals surface area contributed by atoms with Gasteiger partial charge in [-0.25, -0.2) is 4.39 Å². The normalized spacial score (nSPS) is 14.8. The fourth-order valence-corrected chi connectivity index (χ4v) is 4.18. The lowest BCUT2D eigenvalue weighted by atomic mass is 10.0. The summed E-state index contributed by atoms with van der Waals surface area (Å²) in [6.45, 7) is 1.16. The highest BCUT2D eigenvalue weighted by Gasteiger charge is 2.26. The molecule has 1 aliphatic heterocycles. The number of likely N-dealkylation sites (tertiary alicyclic amines) is 1. The maximum atomic E-state index is 13.1. The molecule has 0 unspecified atom stereocenters. The highest BCUT2D eigenvalue weighted by Crippen LogP contribution is 2.28. The van der Waals surface area contributed by atoms with Gasteiger partial charge in [0.1, 0.15) is 5.82 Å². The van der Waals surface area contributed by atoms with Crippen LogP contribution in [0.15, 0.2) is 59.2 Å². The SMILES string of the molecule is O=C(NC1CCN(C(=O)c2ccco2)CC1)c1ccc(-c2ccc(F)cc2)s1. The maximum absolute atomic E-state index is 13.1. The van der Waals surface area contributed by atoms with Gasteiger partial charge in [-0.3, -0.25) is 9.59 Å². The molecule has 1 saturated heterocycles. The lowest BCUT2D eigenvalue weighted by molar-refractivity contribution is 0.0667. The zero-order valence-electron chi connectivity index (χ0n) is 15.1. The number of furan rings is 1. The van der Waals surface area contributed by atoms with Gasteiger partial charge in [-0.2, -0.15) is 0 Å². The fraction of sp³-hybridized carbons (Fsp3) is 0.238. The number of hydrogen-bond acceptors (Lipinski definition) is 4. The van der Waals surface area contributed by atoms with Crippen molar-refractivity contribution in [2.45, 2.75) is 18.9 Å². The van der Waals surface area contributed by atoms with Crippen LogP contribution in [0.25, 0.3) is 10.4 Å². The van der Waals surface area contributed by atoms with E-state index in [0.29, 0.717) is 36.6 Å². The molecule has 1 aromatic carbocycles. The van der Waals surface area contributed by atoms with Gasteiger partial charge in [0.25, 0.3) is 11.8 Å². The summed E-state index contributed by atoms with van der Waals surface area (Å²) in [6.07, 6.45) is 2.89. The molecule has 7 heteroatoms. The third-order valence-corrected chi connectivity index (χ3v) is 5.94. The Morgan fingerprint density at radius 3 is 2.50 bits per heavy atom. The third-order valence-electron chi connectivity index (χ3n) is 4.81. The van der Waals surface area contributed by atoms with E-state index in [1.54, 1.807) is 35.2 Å². The average Bonchev–Trinajstić information content (AvgIpc) is 3.41. The minimum absolute atomic E-state index is 0.0320. The predicted octanol–water partition coefficient (Wildman–Crippen LogP) is 4.18. The molecule has 0 atom stereocenters. The summed E-state index contributed by atoms with van der Waals surface area (Å²) in [7, 11) is 0. The summed E-state index contributed by atoms with van der Waals surface area (Å²) in [5.41, 5.74) is 0.884. The van der Waals surface area contributed by atoms with Crippen LogP contribution in [0.5, 0.6) is 0 Å². The molecule has 144 valence electrons. The number of carbonyl (C=O) groups excluding carboxylic acids is 2. The van der Waals surface area contributed by atoms with Crippen molar-refractivity contribution >= 4 is 23.2 Å². The van der Waals surface area contributed by atoms with Crippen molar-refractivity contribution in [1.29, 1.82) is 0 Å². The van der Waals surface area contributed by atoms with Crippen molar-refractivity contribution in [2.75, 3.05) is 13.1 Å². The van der Waals surface area contributed by atoms with Gasteiger partial charge in [0.2, 0.25) is 0 Å². The number of nitrogens with zero attached hydrogens (tertiary/aromatic N) is 1. The van der Waals surface area contributed by atoms with Gasteiger partial charge in [0.05, 0.1) is 11.1 Å². The summed E-state index contributed by atoms with van der Waals surface area (Å²) in [5.74, 6) is -0.171. The molecule has 0 bridgehead atoms. The summed E-state index contributed by atoms with van der Waals surface area (Å²) in [4.78, 5) is 28.1. The Morgan fingerprint density at radius 2 is 1.82 bits per heavy atom. The van der Waals surface area contributed by atoms with E-state index in [-0.39, 0.29) is 23.7 Å². The Hall–Kier alpha value is -2.93. The highest BCUT2D eigenvalue weighted by atomic mass is 32.1. The number of nitrogens with one attached hydrogen (secondary N) is 1. The Kier molecular flexibility index (Phi) is 5.25. The van der Waals surface area contributed by atoms with E-state index >= 15 is 0 Å². The molecule has 4 rings (SSSR count). The second-order valence-corrected chi connectivity index (χ2v) is 7.77. The standard InChI is InChI=1S/C21H19FN2O3S/c22-15-5-3-14(4-6-15)18-7-8-19(28-18)20(25)23-16-9-11-24(12-10-16)21(26)17-2-1-13-27-17/h1-8,13,16H,9-12H2,(H,23,25). The molecule has 3 aromatic rings. The van der Waals surface area contributed by atoms with Crippen molar-refractivity contribution < 1.29 is 18.4 Å².